The molecule has 3 N–H and O–H groups in total. The first kappa shape index (κ1) is 26.8. The van der Waals surface area contributed by atoms with Gasteiger partial charge in [-0.1, -0.05) is 97.1 Å². The van der Waals surface area contributed by atoms with Crippen LogP contribution >= 0.6 is 0 Å². The van der Waals surface area contributed by atoms with Gasteiger partial charge in [-0.3, -0.25) is 0 Å². The first-order valence-corrected chi connectivity index (χ1v) is 11.7. The molecule has 0 fully saturated rings. The number of ether oxygens (including phenoxy) is 3. The molecule has 0 spiro atoms. The van der Waals surface area contributed by atoms with Crippen LogP contribution in [0.5, 0.6) is 0 Å². The van der Waals surface area contributed by atoms with E-state index < -0.39 is 30.5 Å². The lowest BCUT2D eigenvalue weighted by Crippen LogP contribution is -2.51. The highest BCUT2D eigenvalue weighted by Crippen LogP contribution is 2.19. The van der Waals surface area contributed by atoms with Gasteiger partial charge in [0.2, 0.25) is 0 Å². The van der Waals surface area contributed by atoms with Crippen molar-refractivity contribution in [2.45, 2.75) is 50.3 Å². The first-order valence-electron chi connectivity index (χ1n) is 11.7. The third kappa shape index (κ3) is 8.71. The third-order valence-electron chi connectivity index (χ3n) is 5.63. The van der Waals surface area contributed by atoms with Crippen LogP contribution in [0, 0.1) is 0 Å². The van der Waals surface area contributed by atoms with Gasteiger partial charge >= 0.3 is 0 Å². The second kappa shape index (κ2) is 14.5. The van der Waals surface area contributed by atoms with Gasteiger partial charge in [0.05, 0.1) is 26.4 Å². The molecule has 0 saturated heterocycles. The Morgan fingerprint density at radius 3 is 1.57 bits per heavy atom. The van der Waals surface area contributed by atoms with Gasteiger partial charge in [-0.25, -0.2) is 0 Å². The number of hydrogen-bond donors (Lipinski definition) is 3. The van der Waals surface area contributed by atoms with Crippen LogP contribution < -0.4 is 0 Å². The molecule has 35 heavy (non-hydrogen) atoms. The number of hydrogen-bond acceptors (Lipinski definition) is 6. The highest BCUT2D eigenvalue weighted by Gasteiger charge is 2.37. The molecule has 0 aromatic heterocycles. The molecule has 3 aromatic rings. The van der Waals surface area contributed by atoms with Gasteiger partial charge in [0.15, 0.2) is 0 Å². The smallest absolute Gasteiger partial charge is 0.115 e. The first-order chi connectivity index (χ1) is 17.1. The number of benzene rings is 3. The minimum atomic E-state index is -1.41. The molecule has 3 aromatic carbocycles. The van der Waals surface area contributed by atoms with Crippen LogP contribution in [-0.2, 0) is 34.0 Å². The second-order valence-corrected chi connectivity index (χ2v) is 8.30. The molecule has 0 aliphatic heterocycles. The zero-order chi connectivity index (χ0) is 24.9. The lowest BCUT2D eigenvalue weighted by molar-refractivity contribution is -0.179. The fourth-order valence-electron chi connectivity index (χ4n) is 3.60. The molecule has 0 amide bonds. The van der Waals surface area contributed by atoms with Gasteiger partial charge in [0.1, 0.15) is 30.5 Å². The van der Waals surface area contributed by atoms with Crippen molar-refractivity contribution in [3.05, 3.63) is 120 Å². The van der Waals surface area contributed by atoms with Crippen LogP contribution in [0.25, 0.3) is 0 Å². The van der Waals surface area contributed by atoms with Crippen molar-refractivity contribution < 1.29 is 29.5 Å². The van der Waals surface area contributed by atoms with Gasteiger partial charge in [-0.15, -0.1) is 6.58 Å². The van der Waals surface area contributed by atoms with E-state index >= 15 is 0 Å². The van der Waals surface area contributed by atoms with E-state index in [2.05, 4.69) is 6.58 Å². The molecule has 186 valence electrons. The zero-order valence-corrected chi connectivity index (χ0v) is 19.7. The van der Waals surface area contributed by atoms with Crippen molar-refractivity contribution in [3.8, 4) is 0 Å². The van der Waals surface area contributed by atoms with Crippen LogP contribution in [0.3, 0.4) is 0 Å². The van der Waals surface area contributed by atoms with Gasteiger partial charge in [-0.2, -0.15) is 0 Å². The summed E-state index contributed by atoms with van der Waals surface area (Å²) in [5, 5.41) is 32.3. The Kier molecular flexibility index (Phi) is 11.1. The van der Waals surface area contributed by atoms with Crippen LogP contribution in [0.15, 0.2) is 104 Å². The zero-order valence-electron chi connectivity index (χ0n) is 19.7. The monoisotopic (exact) mass is 478 g/mol. The molecule has 0 unspecified atom stereocenters. The predicted molar refractivity (Wildman–Crippen MR) is 134 cm³/mol. The van der Waals surface area contributed by atoms with Crippen LogP contribution in [0.2, 0.25) is 0 Å². The van der Waals surface area contributed by atoms with E-state index in [1.165, 1.54) is 6.08 Å². The molecular weight excluding hydrogens is 444 g/mol. The van der Waals surface area contributed by atoms with E-state index in [9.17, 15) is 15.3 Å². The minimum Gasteiger partial charge on any atom is -0.387 e. The number of rotatable bonds is 15. The summed E-state index contributed by atoms with van der Waals surface area (Å²) in [6.45, 7) is 4.32. The van der Waals surface area contributed by atoms with Crippen molar-refractivity contribution in [1.29, 1.82) is 0 Å². The van der Waals surface area contributed by atoms with E-state index in [0.717, 1.165) is 16.7 Å². The Hall–Kier alpha value is -2.84. The molecule has 5 atom stereocenters. The normalized spacial score (nSPS) is 15.6. The Labute approximate surface area is 207 Å². The highest BCUT2D eigenvalue weighted by atomic mass is 16.6. The van der Waals surface area contributed by atoms with Gasteiger partial charge < -0.3 is 29.5 Å². The fraction of sp³-hybridized carbons (Fsp3) is 0.310. The average Bonchev–Trinajstić information content (AvgIpc) is 2.91. The van der Waals surface area contributed by atoms with Crippen LogP contribution in [-0.4, -0.2) is 52.4 Å². The van der Waals surface area contributed by atoms with Gasteiger partial charge in [-0.05, 0) is 16.7 Å². The van der Waals surface area contributed by atoms with Gasteiger partial charge in [0.25, 0.3) is 0 Å². The van der Waals surface area contributed by atoms with Crippen molar-refractivity contribution >= 4 is 0 Å². The summed E-state index contributed by atoms with van der Waals surface area (Å²) in [5.41, 5.74) is 2.79. The molecule has 0 saturated carbocycles. The molecule has 0 aliphatic carbocycles. The SMILES string of the molecule is C=C[C@H](O)[C@H](O)[C@@H](OCc1ccccc1)[C@H](O)[C@@H](COCc1ccccc1)OCc1ccccc1. The largest absolute Gasteiger partial charge is 0.387 e. The van der Waals surface area contributed by atoms with Crippen molar-refractivity contribution in [2.24, 2.45) is 0 Å². The van der Waals surface area contributed by atoms with E-state index in [0.29, 0.717) is 6.61 Å². The number of aliphatic hydroxyl groups excluding tert-OH is 3. The molecule has 6 nitrogen and oxygen atoms in total. The van der Waals surface area contributed by atoms with Crippen molar-refractivity contribution in [3.63, 3.8) is 0 Å². The van der Waals surface area contributed by atoms with Crippen molar-refractivity contribution in [1.82, 2.24) is 0 Å². The maximum absolute atomic E-state index is 11.3. The summed E-state index contributed by atoms with van der Waals surface area (Å²) < 4.78 is 17.8. The van der Waals surface area contributed by atoms with E-state index in [1.54, 1.807) is 0 Å². The molecule has 6 heteroatoms. The Morgan fingerprint density at radius 1 is 0.629 bits per heavy atom. The van der Waals surface area contributed by atoms with Crippen LogP contribution in [0.4, 0.5) is 0 Å². The number of aliphatic hydroxyl groups is 3. The van der Waals surface area contributed by atoms with Gasteiger partial charge in [0, 0.05) is 0 Å². The molecular formula is C29H34O6. The molecule has 3 rings (SSSR count). The van der Waals surface area contributed by atoms with Crippen molar-refractivity contribution in [2.75, 3.05) is 6.61 Å². The summed E-state index contributed by atoms with van der Waals surface area (Å²) >= 11 is 0. The Morgan fingerprint density at radius 2 is 1.09 bits per heavy atom. The second-order valence-electron chi connectivity index (χ2n) is 8.30. The summed E-state index contributed by atoms with van der Waals surface area (Å²) in [6, 6.07) is 28.7. The predicted octanol–water partition coefficient (Wildman–Crippen LogP) is 3.64. The Balaban J connectivity index is 1.73. The maximum Gasteiger partial charge on any atom is 0.115 e. The Bertz CT molecular complexity index is 966. The quantitative estimate of drug-likeness (QED) is 0.289. The van der Waals surface area contributed by atoms with E-state index in [1.807, 2.05) is 91.0 Å². The lowest BCUT2D eigenvalue weighted by atomic mass is 9.98. The minimum absolute atomic E-state index is 0.0605. The summed E-state index contributed by atoms with van der Waals surface area (Å²) in [5.74, 6) is 0. The van der Waals surface area contributed by atoms with Crippen LogP contribution in [0.1, 0.15) is 16.7 Å². The molecule has 0 bridgehead atoms. The van der Waals surface area contributed by atoms with E-state index in [-0.39, 0.29) is 19.8 Å². The standard InChI is InChI=1S/C29H34O6/c1-2-25(30)27(31)29(35-20-24-16-10-5-11-17-24)28(32)26(34-19-23-14-8-4-9-15-23)21-33-18-22-12-6-3-7-13-22/h2-17,25-32H,1,18-21H2/t25-,26+,27-,28+,29+/m0/s1. The highest BCUT2D eigenvalue weighted by molar-refractivity contribution is 5.15. The fourth-order valence-corrected chi connectivity index (χ4v) is 3.60. The molecule has 0 heterocycles. The maximum atomic E-state index is 11.3. The summed E-state index contributed by atoms with van der Waals surface area (Å²) in [6.07, 6.45) is -4.76. The molecule has 0 aliphatic rings. The topological polar surface area (TPSA) is 88.4 Å². The lowest BCUT2D eigenvalue weighted by Gasteiger charge is -2.34. The summed E-state index contributed by atoms with van der Waals surface area (Å²) in [4.78, 5) is 0. The van der Waals surface area contributed by atoms with E-state index in [4.69, 9.17) is 14.2 Å². The summed E-state index contributed by atoms with van der Waals surface area (Å²) in [7, 11) is 0. The molecule has 0 radical (unpaired) electrons. The third-order valence-corrected chi connectivity index (χ3v) is 5.63. The average molecular weight is 479 g/mol.